The molecule has 1 aromatic heterocycles. The highest BCUT2D eigenvalue weighted by Gasteiger charge is 2.17. The third kappa shape index (κ3) is 4.20. The minimum Gasteiger partial charge on any atom is -0.394 e. The Bertz CT molecular complexity index is 726. The van der Waals surface area contributed by atoms with Gasteiger partial charge in [-0.2, -0.15) is 0 Å². The summed E-state index contributed by atoms with van der Waals surface area (Å²) in [5.41, 5.74) is 0.539. The van der Waals surface area contributed by atoms with Gasteiger partial charge in [-0.25, -0.2) is 0 Å². The summed E-state index contributed by atoms with van der Waals surface area (Å²) in [7, 11) is 0. The van der Waals surface area contributed by atoms with E-state index in [-0.39, 0.29) is 23.9 Å². The summed E-state index contributed by atoms with van der Waals surface area (Å²) in [4.78, 5) is 24.3. The zero-order valence-corrected chi connectivity index (χ0v) is 13.5. The first-order valence-corrected chi connectivity index (χ1v) is 7.84. The summed E-state index contributed by atoms with van der Waals surface area (Å²) in [6.45, 7) is 2.74. The van der Waals surface area contributed by atoms with Crippen LogP contribution in [-0.4, -0.2) is 33.8 Å². The van der Waals surface area contributed by atoms with Crippen molar-refractivity contribution in [3.8, 4) is 0 Å². The number of hydrogen-bond donors (Lipinski definition) is 1. The monoisotopic (exact) mass is 331 g/mol. The fourth-order valence-corrected chi connectivity index (χ4v) is 2.61. The van der Waals surface area contributed by atoms with E-state index < -0.39 is 4.92 Å². The highest BCUT2D eigenvalue weighted by atomic mass is 16.6. The normalized spacial score (nSPS) is 11.9. The van der Waals surface area contributed by atoms with Crippen molar-refractivity contribution < 1.29 is 10.0 Å². The molecule has 0 aliphatic carbocycles. The number of benzene rings is 1. The molecule has 0 saturated carbocycles. The predicted molar refractivity (Wildman–Crippen MR) is 92.3 cm³/mol. The number of aliphatic hydroxyl groups is 1. The van der Waals surface area contributed by atoms with Crippen molar-refractivity contribution in [1.82, 2.24) is 4.57 Å². The highest BCUT2D eigenvalue weighted by molar-refractivity contribution is 5.47. The van der Waals surface area contributed by atoms with E-state index in [1.165, 1.54) is 22.9 Å². The second-order valence-electron chi connectivity index (χ2n) is 5.45. The van der Waals surface area contributed by atoms with Gasteiger partial charge in [0.1, 0.15) is 0 Å². The van der Waals surface area contributed by atoms with Gasteiger partial charge in [-0.3, -0.25) is 14.9 Å². The van der Waals surface area contributed by atoms with Gasteiger partial charge in [0.05, 0.1) is 23.8 Å². The first-order chi connectivity index (χ1) is 11.6. The maximum Gasteiger partial charge on any atom is 0.285 e. The van der Waals surface area contributed by atoms with E-state index in [1.807, 2.05) is 42.2 Å². The van der Waals surface area contributed by atoms with E-state index >= 15 is 0 Å². The third-order valence-electron chi connectivity index (χ3n) is 3.97. The second kappa shape index (κ2) is 8.26. The van der Waals surface area contributed by atoms with Crippen LogP contribution >= 0.6 is 0 Å². The molecular formula is C17H21N3O4. The first-order valence-electron chi connectivity index (χ1n) is 7.84. The van der Waals surface area contributed by atoms with E-state index in [9.17, 15) is 20.0 Å². The lowest BCUT2D eigenvalue weighted by Gasteiger charge is -2.32. The molecule has 0 aliphatic heterocycles. The molecule has 7 nitrogen and oxygen atoms in total. The summed E-state index contributed by atoms with van der Waals surface area (Å²) in [6.07, 6.45) is 2.00. The van der Waals surface area contributed by atoms with Crippen molar-refractivity contribution in [3.05, 3.63) is 69.1 Å². The minimum absolute atomic E-state index is 0.00473. The van der Waals surface area contributed by atoms with Crippen LogP contribution in [0, 0.1) is 10.1 Å². The van der Waals surface area contributed by atoms with E-state index in [0.29, 0.717) is 13.1 Å². The van der Waals surface area contributed by atoms with Crippen LogP contribution in [0.1, 0.15) is 13.3 Å². The van der Waals surface area contributed by atoms with Crippen molar-refractivity contribution >= 4 is 11.4 Å². The Morgan fingerprint density at radius 2 is 1.96 bits per heavy atom. The number of hydrogen-bond acceptors (Lipinski definition) is 5. The molecule has 0 saturated heterocycles. The van der Waals surface area contributed by atoms with E-state index in [4.69, 9.17) is 0 Å². The van der Waals surface area contributed by atoms with Gasteiger partial charge >= 0.3 is 0 Å². The molecule has 0 aliphatic rings. The van der Waals surface area contributed by atoms with Crippen LogP contribution in [0.4, 0.5) is 11.4 Å². The van der Waals surface area contributed by atoms with E-state index in [2.05, 4.69) is 0 Å². The van der Waals surface area contributed by atoms with Gasteiger partial charge in [0, 0.05) is 30.9 Å². The van der Waals surface area contributed by atoms with Crippen LogP contribution in [-0.2, 0) is 6.54 Å². The van der Waals surface area contributed by atoms with Crippen molar-refractivity contribution in [2.75, 3.05) is 18.1 Å². The molecule has 24 heavy (non-hydrogen) atoms. The van der Waals surface area contributed by atoms with Gasteiger partial charge in [-0.05, 0) is 18.6 Å². The zero-order valence-electron chi connectivity index (χ0n) is 13.5. The van der Waals surface area contributed by atoms with Crippen molar-refractivity contribution in [2.45, 2.75) is 25.9 Å². The maximum atomic E-state index is 11.9. The molecule has 1 unspecified atom stereocenters. The number of nitro groups is 1. The molecule has 1 heterocycles. The number of para-hydroxylation sites is 1. The van der Waals surface area contributed by atoms with Gasteiger partial charge in [0.2, 0.25) is 0 Å². The van der Waals surface area contributed by atoms with Crippen molar-refractivity contribution in [2.24, 2.45) is 0 Å². The maximum absolute atomic E-state index is 11.9. The Kier molecular flexibility index (Phi) is 6.08. The molecule has 1 N–H and O–H groups in total. The number of anilines is 1. The van der Waals surface area contributed by atoms with Crippen LogP contribution in [0.3, 0.4) is 0 Å². The molecule has 1 atom stereocenters. The Morgan fingerprint density at radius 1 is 1.25 bits per heavy atom. The lowest BCUT2D eigenvalue weighted by Crippen LogP contribution is -2.40. The van der Waals surface area contributed by atoms with Gasteiger partial charge in [0.15, 0.2) is 0 Å². The number of nitrogens with zero attached hydrogens (tertiary/aromatic N) is 3. The van der Waals surface area contributed by atoms with Crippen LogP contribution in [0.25, 0.3) is 0 Å². The molecular weight excluding hydrogens is 310 g/mol. The van der Waals surface area contributed by atoms with E-state index in [1.54, 1.807) is 0 Å². The lowest BCUT2D eigenvalue weighted by molar-refractivity contribution is -0.385. The van der Waals surface area contributed by atoms with Crippen LogP contribution in [0.15, 0.2) is 53.5 Å². The fourth-order valence-electron chi connectivity index (χ4n) is 2.61. The molecule has 0 bridgehead atoms. The van der Waals surface area contributed by atoms with Gasteiger partial charge in [-0.15, -0.1) is 0 Å². The van der Waals surface area contributed by atoms with Crippen LogP contribution in [0.2, 0.25) is 0 Å². The number of pyridine rings is 1. The van der Waals surface area contributed by atoms with Crippen LogP contribution in [0.5, 0.6) is 0 Å². The standard InChI is InChI=1S/C17H21N3O4/c1-2-14(13-21)19(15-6-4-3-5-7-15)11-10-18-12-16(20(23)24)8-9-17(18)22/h3-9,12,14,21H,2,10-11,13H2,1H3. The summed E-state index contributed by atoms with van der Waals surface area (Å²) >= 11 is 0. The molecule has 2 rings (SSSR count). The molecule has 2 aromatic rings. The van der Waals surface area contributed by atoms with Crippen molar-refractivity contribution in [1.29, 1.82) is 0 Å². The Balaban J connectivity index is 2.23. The summed E-state index contributed by atoms with van der Waals surface area (Å²) < 4.78 is 1.33. The molecule has 128 valence electrons. The Labute approximate surface area is 139 Å². The average Bonchev–Trinajstić information content (AvgIpc) is 2.60. The molecule has 0 fully saturated rings. The predicted octanol–water partition coefficient (Wildman–Crippen LogP) is 2.03. The summed E-state index contributed by atoms with van der Waals surface area (Å²) in [6, 6.07) is 11.9. The summed E-state index contributed by atoms with van der Waals surface area (Å²) in [5, 5.41) is 20.5. The second-order valence-corrected chi connectivity index (χ2v) is 5.45. The van der Waals surface area contributed by atoms with Crippen LogP contribution < -0.4 is 10.5 Å². The van der Waals surface area contributed by atoms with Gasteiger partial charge in [-0.1, -0.05) is 25.1 Å². The van der Waals surface area contributed by atoms with Crippen molar-refractivity contribution in [3.63, 3.8) is 0 Å². The van der Waals surface area contributed by atoms with Gasteiger partial charge < -0.3 is 14.6 Å². The first kappa shape index (κ1) is 17.7. The zero-order chi connectivity index (χ0) is 17.5. The smallest absolute Gasteiger partial charge is 0.285 e. The largest absolute Gasteiger partial charge is 0.394 e. The molecule has 7 heteroatoms. The summed E-state index contributed by atoms with van der Waals surface area (Å²) in [5.74, 6) is 0. The fraction of sp³-hybridized carbons (Fsp3) is 0.353. The Hall–Kier alpha value is -2.67. The number of aromatic nitrogens is 1. The number of aliphatic hydroxyl groups excluding tert-OH is 1. The SMILES string of the molecule is CCC(CO)N(CCn1cc([N+](=O)[O-])ccc1=O)c1ccccc1. The Morgan fingerprint density at radius 3 is 2.54 bits per heavy atom. The molecule has 0 amide bonds. The topological polar surface area (TPSA) is 88.6 Å². The minimum atomic E-state index is -0.520. The molecule has 1 aromatic carbocycles. The molecule has 0 spiro atoms. The lowest BCUT2D eigenvalue weighted by atomic mass is 10.1. The average molecular weight is 331 g/mol. The van der Waals surface area contributed by atoms with Gasteiger partial charge in [0.25, 0.3) is 11.2 Å². The number of rotatable bonds is 8. The van der Waals surface area contributed by atoms with E-state index in [0.717, 1.165) is 12.1 Å². The highest BCUT2D eigenvalue weighted by Crippen LogP contribution is 2.18. The third-order valence-corrected chi connectivity index (χ3v) is 3.97. The molecule has 0 radical (unpaired) electrons. The quantitative estimate of drug-likeness (QED) is 0.590.